The number of carbonyl (C=O) groups is 1. The maximum atomic E-state index is 11.8. The highest BCUT2D eigenvalue weighted by molar-refractivity contribution is 5.93. The van der Waals surface area contributed by atoms with Gasteiger partial charge in [-0.05, 0) is 30.4 Å². The van der Waals surface area contributed by atoms with Crippen LogP contribution in [-0.4, -0.2) is 17.4 Å². The molecule has 1 saturated heterocycles. The van der Waals surface area contributed by atoms with E-state index in [2.05, 4.69) is 18.8 Å². The highest BCUT2D eigenvalue weighted by Gasteiger charge is 2.24. The van der Waals surface area contributed by atoms with Crippen LogP contribution >= 0.6 is 0 Å². The normalized spacial score (nSPS) is 21.2. The first-order valence-electron chi connectivity index (χ1n) is 5.96. The highest BCUT2D eigenvalue weighted by atomic mass is 16.2. The Labute approximate surface area is 96.5 Å². The molecule has 0 aromatic carbocycles. The smallest absolute Gasteiger partial charge is 0.228 e. The van der Waals surface area contributed by atoms with Crippen LogP contribution in [0.1, 0.15) is 32.3 Å². The lowest BCUT2D eigenvalue weighted by Gasteiger charge is -2.29. The molecule has 0 saturated carbocycles. The monoisotopic (exact) mass is 218 g/mol. The van der Waals surface area contributed by atoms with E-state index in [0.29, 0.717) is 12.3 Å². The van der Waals surface area contributed by atoms with Crippen LogP contribution in [0.15, 0.2) is 18.3 Å². The van der Waals surface area contributed by atoms with Crippen LogP contribution in [0.5, 0.6) is 0 Å². The molecule has 1 amide bonds. The molecule has 1 aliphatic heterocycles. The summed E-state index contributed by atoms with van der Waals surface area (Å²) in [6.45, 7) is 5.03. The topological polar surface area (TPSA) is 33.2 Å². The molecule has 1 atom stereocenters. The van der Waals surface area contributed by atoms with Gasteiger partial charge in [-0.2, -0.15) is 0 Å². The van der Waals surface area contributed by atoms with Gasteiger partial charge in [0.25, 0.3) is 0 Å². The van der Waals surface area contributed by atoms with E-state index in [1.807, 2.05) is 18.3 Å². The molecule has 0 bridgehead atoms. The van der Waals surface area contributed by atoms with Gasteiger partial charge >= 0.3 is 0 Å². The summed E-state index contributed by atoms with van der Waals surface area (Å²) in [5.41, 5.74) is 1.21. The van der Waals surface area contributed by atoms with E-state index in [1.165, 1.54) is 5.56 Å². The summed E-state index contributed by atoms with van der Waals surface area (Å²) in [7, 11) is 0. The third-order valence-corrected chi connectivity index (χ3v) is 3.16. The zero-order valence-corrected chi connectivity index (χ0v) is 9.94. The minimum atomic E-state index is 0.204. The molecule has 0 aliphatic carbocycles. The van der Waals surface area contributed by atoms with Gasteiger partial charge < -0.3 is 0 Å². The second-order valence-corrected chi connectivity index (χ2v) is 4.52. The summed E-state index contributed by atoms with van der Waals surface area (Å²) < 4.78 is 0. The molecule has 86 valence electrons. The molecule has 2 rings (SSSR count). The van der Waals surface area contributed by atoms with Crippen molar-refractivity contribution >= 4 is 11.7 Å². The number of pyridine rings is 1. The number of rotatable bonds is 2. The zero-order chi connectivity index (χ0) is 11.5. The zero-order valence-electron chi connectivity index (χ0n) is 9.94. The van der Waals surface area contributed by atoms with Crippen molar-refractivity contribution in [3.63, 3.8) is 0 Å². The Morgan fingerprint density at radius 1 is 1.50 bits per heavy atom. The van der Waals surface area contributed by atoms with E-state index >= 15 is 0 Å². The third-order valence-electron chi connectivity index (χ3n) is 3.16. The molecule has 1 aromatic rings. The van der Waals surface area contributed by atoms with Crippen molar-refractivity contribution in [2.45, 2.75) is 33.1 Å². The van der Waals surface area contributed by atoms with Crippen LogP contribution in [0.2, 0.25) is 0 Å². The number of anilines is 1. The van der Waals surface area contributed by atoms with Crippen LogP contribution in [0.4, 0.5) is 5.82 Å². The van der Waals surface area contributed by atoms with Gasteiger partial charge in [0, 0.05) is 19.2 Å². The van der Waals surface area contributed by atoms with Gasteiger partial charge in [0.2, 0.25) is 5.91 Å². The molecular formula is C13H18N2O. The lowest BCUT2D eigenvalue weighted by molar-refractivity contribution is -0.120. The quantitative estimate of drug-likeness (QED) is 0.763. The number of carbonyl (C=O) groups excluding carboxylic acids is 1. The SMILES string of the molecule is CCc1ccc(N2CCC(C)CC2=O)nc1. The number of aryl methyl sites for hydroxylation is 1. The first-order chi connectivity index (χ1) is 7.70. The summed E-state index contributed by atoms with van der Waals surface area (Å²) in [5, 5.41) is 0. The lowest BCUT2D eigenvalue weighted by atomic mass is 9.98. The van der Waals surface area contributed by atoms with E-state index in [0.717, 1.165) is 25.2 Å². The van der Waals surface area contributed by atoms with Gasteiger partial charge in [-0.3, -0.25) is 9.69 Å². The number of amides is 1. The summed E-state index contributed by atoms with van der Waals surface area (Å²) in [4.78, 5) is 18.0. The first-order valence-corrected chi connectivity index (χ1v) is 5.96. The maximum absolute atomic E-state index is 11.8. The summed E-state index contributed by atoms with van der Waals surface area (Å²) >= 11 is 0. The fourth-order valence-electron chi connectivity index (χ4n) is 2.01. The third kappa shape index (κ3) is 2.23. The van der Waals surface area contributed by atoms with Gasteiger partial charge in [-0.25, -0.2) is 4.98 Å². The fraction of sp³-hybridized carbons (Fsp3) is 0.538. The Morgan fingerprint density at radius 3 is 2.88 bits per heavy atom. The van der Waals surface area contributed by atoms with Crippen molar-refractivity contribution in [2.24, 2.45) is 5.92 Å². The van der Waals surface area contributed by atoms with Crippen molar-refractivity contribution in [3.8, 4) is 0 Å². The standard InChI is InChI=1S/C13H18N2O/c1-3-11-4-5-12(14-9-11)15-7-6-10(2)8-13(15)16/h4-5,9-10H,3,6-8H2,1-2H3. The molecule has 3 nitrogen and oxygen atoms in total. The van der Waals surface area contributed by atoms with Crippen LogP contribution < -0.4 is 4.90 Å². The van der Waals surface area contributed by atoms with Gasteiger partial charge in [0.15, 0.2) is 0 Å². The van der Waals surface area contributed by atoms with Crippen molar-refractivity contribution in [1.82, 2.24) is 4.98 Å². The molecule has 0 radical (unpaired) electrons. The van der Waals surface area contributed by atoms with Gasteiger partial charge in [-0.1, -0.05) is 19.9 Å². The van der Waals surface area contributed by atoms with Crippen LogP contribution in [-0.2, 0) is 11.2 Å². The second-order valence-electron chi connectivity index (χ2n) is 4.52. The molecule has 1 aliphatic rings. The van der Waals surface area contributed by atoms with Crippen LogP contribution in [0.25, 0.3) is 0 Å². The number of aromatic nitrogens is 1. The van der Waals surface area contributed by atoms with E-state index in [4.69, 9.17) is 0 Å². The molecule has 0 spiro atoms. The van der Waals surface area contributed by atoms with E-state index in [9.17, 15) is 4.79 Å². The minimum absolute atomic E-state index is 0.204. The van der Waals surface area contributed by atoms with Gasteiger partial charge in [0.05, 0.1) is 0 Å². The molecule has 16 heavy (non-hydrogen) atoms. The predicted octanol–water partition coefficient (Wildman–Crippen LogP) is 2.41. The number of hydrogen-bond donors (Lipinski definition) is 0. The molecular weight excluding hydrogens is 200 g/mol. The molecule has 0 N–H and O–H groups in total. The van der Waals surface area contributed by atoms with Gasteiger partial charge in [-0.15, -0.1) is 0 Å². The Hall–Kier alpha value is -1.38. The fourth-order valence-corrected chi connectivity index (χ4v) is 2.01. The Bertz CT molecular complexity index is 372. The molecule has 3 heteroatoms. The van der Waals surface area contributed by atoms with Crippen LogP contribution in [0.3, 0.4) is 0 Å². The van der Waals surface area contributed by atoms with Crippen molar-refractivity contribution in [3.05, 3.63) is 23.9 Å². The Kier molecular flexibility index (Phi) is 3.22. The Morgan fingerprint density at radius 2 is 2.31 bits per heavy atom. The van der Waals surface area contributed by atoms with E-state index < -0.39 is 0 Å². The first kappa shape index (κ1) is 11.1. The highest BCUT2D eigenvalue weighted by Crippen LogP contribution is 2.22. The van der Waals surface area contributed by atoms with Crippen molar-refractivity contribution in [1.29, 1.82) is 0 Å². The summed E-state index contributed by atoms with van der Waals surface area (Å²) in [5.74, 6) is 1.52. The summed E-state index contributed by atoms with van der Waals surface area (Å²) in [6, 6.07) is 4.00. The predicted molar refractivity (Wildman–Crippen MR) is 64.4 cm³/mol. The average Bonchev–Trinajstić information content (AvgIpc) is 2.29. The lowest BCUT2D eigenvalue weighted by Crippen LogP contribution is -2.38. The van der Waals surface area contributed by atoms with Crippen LogP contribution in [0, 0.1) is 5.92 Å². The number of nitrogens with zero attached hydrogens (tertiary/aromatic N) is 2. The average molecular weight is 218 g/mol. The molecule has 1 fully saturated rings. The minimum Gasteiger partial charge on any atom is -0.297 e. The maximum Gasteiger partial charge on any atom is 0.228 e. The summed E-state index contributed by atoms with van der Waals surface area (Å²) in [6.07, 6.45) is 4.57. The Balaban J connectivity index is 2.14. The van der Waals surface area contributed by atoms with Crippen molar-refractivity contribution < 1.29 is 4.79 Å². The van der Waals surface area contributed by atoms with Gasteiger partial charge in [0.1, 0.15) is 5.82 Å². The van der Waals surface area contributed by atoms with E-state index in [-0.39, 0.29) is 5.91 Å². The molecule has 1 unspecified atom stereocenters. The number of piperidine rings is 1. The van der Waals surface area contributed by atoms with E-state index in [1.54, 1.807) is 4.90 Å². The molecule has 1 aromatic heterocycles. The molecule has 2 heterocycles. The second kappa shape index (κ2) is 4.64. The largest absolute Gasteiger partial charge is 0.297 e. The van der Waals surface area contributed by atoms with Crippen molar-refractivity contribution in [2.75, 3.05) is 11.4 Å². The number of hydrogen-bond acceptors (Lipinski definition) is 2.